The Kier molecular flexibility index (Phi) is 5.36. The van der Waals surface area contributed by atoms with Crippen LogP contribution in [0.4, 0.5) is 5.69 Å². The number of rotatable bonds is 4. The fourth-order valence-corrected chi connectivity index (χ4v) is 2.06. The second kappa shape index (κ2) is 7.45. The second-order valence-electron chi connectivity index (χ2n) is 5.29. The van der Waals surface area contributed by atoms with Gasteiger partial charge in [0.15, 0.2) is 0 Å². The number of anilines is 1. The van der Waals surface area contributed by atoms with Gasteiger partial charge in [-0.1, -0.05) is 29.8 Å². The number of amides is 2. The van der Waals surface area contributed by atoms with Crippen LogP contribution in [0, 0.1) is 6.92 Å². The summed E-state index contributed by atoms with van der Waals surface area (Å²) in [6.45, 7) is 3.77. The molecule has 0 bridgehead atoms. The Labute approximate surface area is 135 Å². The van der Waals surface area contributed by atoms with Crippen LogP contribution in [0.2, 0.25) is 0 Å². The lowest BCUT2D eigenvalue weighted by molar-refractivity contribution is -0.136. The predicted octanol–water partition coefficient (Wildman–Crippen LogP) is 2.82. The molecule has 1 atom stereocenters. The molecule has 23 heavy (non-hydrogen) atoms. The third-order valence-electron chi connectivity index (χ3n) is 3.48. The summed E-state index contributed by atoms with van der Waals surface area (Å²) in [5.74, 6) is -0.618. The van der Waals surface area contributed by atoms with Gasteiger partial charge in [0.05, 0.1) is 13.2 Å². The molecule has 2 N–H and O–H groups in total. The number of ether oxygens (including phenoxy) is 1. The average Bonchev–Trinajstić information content (AvgIpc) is 2.56. The molecule has 0 aliphatic carbocycles. The van der Waals surface area contributed by atoms with Crippen molar-refractivity contribution in [3.63, 3.8) is 0 Å². The third kappa shape index (κ3) is 4.57. The van der Waals surface area contributed by atoms with Gasteiger partial charge >= 0.3 is 11.8 Å². The van der Waals surface area contributed by atoms with Gasteiger partial charge in [-0.2, -0.15) is 0 Å². The number of methoxy groups -OCH3 is 1. The zero-order chi connectivity index (χ0) is 16.8. The van der Waals surface area contributed by atoms with Crippen LogP contribution in [0.5, 0.6) is 5.75 Å². The first-order valence-corrected chi connectivity index (χ1v) is 7.32. The van der Waals surface area contributed by atoms with Gasteiger partial charge in [-0.05, 0) is 43.7 Å². The van der Waals surface area contributed by atoms with Crippen molar-refractivity contribution in [2.45, 2.75) is 19.9 Å². The Bertz CT molecular complexity index is 678. The van der Waals surface area contributed by atoms with E-state index < -0.39 is 11.8 Å². The molecule has 0 aromatic heterocycles. The van der Waals surface area contributed by atoms with E-state index in [0.717, 1.165) is 16.9 Å². The molecule has 0 saturated heterocycles. The van der Waals surface area contributed by atoms with E-state index >= 15 is 0 Å². The Balaban J connectivity index is 1.94. The van der Waals surface area contributed by atoms with E-state index in [-0.39, 0.29) is 6.04 Å². The summed E-state index contributed by atoms with van der Waals surface area (Å²) >= 11 is 0. The molecule has 2 amide bonds. The van der Waals surface area contributed by atoms with E-state index in [4.69, 9.17) is 4.74 Å². The zero-order valence-corrected chi connectivity index (χ0v) is 13.4. The highest BCUT2D eigenvalue weighted by molar-refractivity contribution is 6.39. The summed E-state index contributed by atoms with van der Waals surface area (Å²) in [5, 5.41) is 5.25. The SMILES string of the molecule is COc1ccc(C(C)NC(=O)C(=O)Nc2ccc(C)cc2)cc1. The number of hydrogen-bond donors (Lipinski definition) is 2. The molecule has 1 unspecified atom stereocenters. The molecular weight excluding hydrogens is 292 g/mol. The summed E-state index contributed by atoms with van der Waals surface area (Å²) in [6.07, 6.45) is 0. The van der Waals surface area contributed by atoms with Gasteiger partial charge in [0.1, 0.15) is 5.75 Å². The molecule has 0 saturated carbocycles. The second-order valence-corrected chi connectivity index (χ2v) is 5.29. The molecule has 5 heteroatoms. The van der Waals surface area contributed by atoms with Crippen molar-refractivity contribution < 1.29 is 14.3 Å². The molecule has 0 heterocycles. The summed E-state index contributed by atoms with van der Waals surface area (Å²) < 4.78 is 5.09. The molecule has 0 fully saturated rings. The van der Waals surface area contributed by atoms with Crippen LogP contribution in [0.3, 0.4) is 0 Å². The van der Waals surface area contributed by atoms with Gasteiger partial charge in [0, 0.05) is 5.69 Å². The smallest absolute Gasteiger partial charge is 0.313 e. The quantitative estimate of drug-likeness (QED) is 0.853. The average molecular weight is 312 g/mol. The van der Waals surface area contributed by atoms with Crippen molar-refractivity contribution >= 4 is 17.5 Å². The number of benzene rings is 2. The molecular formula is C18H20N2O3. The van der Waals surface area contributed by atoms with E-state index in [2.05, 4.69) is 10.6 Å². The maximum Gasteiger partial charge on any atom is 0.313 e. The molecule has 2 rings (SSSR count). The van der Waals surface area contributed by atoms with E-state index in [1.165, 1.54) is 0 Å². The minimum atomic E-state index is -0.686. The lowest BCUT2D eigenvalue weighted by atomic mass is 10.1. The van der Waals surface area contributed by atoms with Crippen LogP contribution in [0.25, 0.3) is 0 Å². The summed E-state index contributed by atoms with van der Waals surface area (Å²) in [4.78, 5) is 23.9. The standard InChI is InChI=1S/C18H20N2O3/c1-12-4-8-15(9-5-12)20-18(22)17(21)19-13(2)14-6-10-16(23-3)11-7-14/h4-11,13H,1-3H3,(H,19,21)(H,20,22). The van der Waals surface area contributed by atoms with E-state index in [9.17, 15) is 9.59 Å². The Morgan fingerprint density at radius 3 is 2.13 bits per heavy atom. The van der Waals surface area contributed by atoms with Crippen molar-refractivity contribution in [2.24, 2.45) is 0 Å². The van der Waals surface area contributed by atoms with Crippen molar-refractivity contribution in [1.29, 1.82) is 0 Å². The highest BCUT2D eigenvalue weighted by atomic mass is 16.5. The van der Waals surface area contributed by atoms with Crippen molar-refractivity contribution in [3.8, 4) is 5.75 Å². The first-order valence-electron chi connectivity index (χ1n) is 7.32. The van der Waals surface area contributed by atoms with Crippen molar-refractivity contribution in [1.82, 2.24) is 5.32 Å². The topological polar surface area (TPSA) is 67.4 Å². The van der Waals surface area contributed by atoms with Crippen LogP contribution < -0.4 is 15.4 Å². The maximum atomic E-state index is 12.0. The molecule has 2 aromatic carbocycles. The molecule has 0 spiro atoms. The molecule has 2 aromatic rings. The van der Waals surface area contributed by atoms with Gasteiger partial charge in [-0.15, -0.1) is 0 Å². The van der Waals surface area contributed by atoms with E-state index in [0.29, 0.717) is 5.69 Å². The molecule has 0 aliphatic rings. The monoisotopic (exact) mass is 312 g/mol. The summed E-state index contributed by atoms with van der Waals surface area (Å²) in [6, 6.07) is 14.3. The van der Waals surface area contributed by atoms with Gasteiger partial charge in [0.25, 0.3) is 0 Å². The lowest BCUT2D eigenvalue weighted by Gasteiger charge is -2.14. The minimum Gasteiger partial charge on any atom is -0.497 e. The van der Waals surface area contributed by atoms with E-state index in [1.807, 2.05) is 50.2 Å². The van der Waals surface area contributed by atoms with Crippen LogP contribution in [-0.2, 0) is 9.59 Å². The number of carbonyl (C=O) groups excluding carboxylic acids is 2. The third-order valence-corrected chi connectivity index (χ3v) is 3.48. The minimum absolute atomic E-state index is 0.280. The van der Waals surface area contributed by atoms with Gasteiger partial charge < -0.3 is 15.4 Å². The number of aryl methyl sites for hydroxylation is 1. The van der Waals surface area contributed by atoms with Gasteiger partial charge in [-0.25, -0.2) is 0 Å². The first kappa shape index (κ1) is 16.5. The number of hydrogen-bond acceptors (Lipinski definition) is 3. The van der Waals surface area contributed by atoms with Crippen molar-refractivity contribution in [3.05, 3.63) is 59.7 Å². The maximum absolute atomic E-state index is 12.0. The molecule has 0 aliphatic heterocycles. The van der Waals surface area contributed by atoms with E-state index in [1.54, 1.807) is 19.2 Å². The normalized spacial score (nSPS) is 11.4. The van der Waals surface area contributed by atoms with Gasteiger partial charge in [-0.3, -0.25) is 9.59 Å². The molecule has 0 radical (unpaired) electrons. The van der Waals surface area contributed by atoms with Crippen LogP contribution in [-0.4, -0.2) is 18.9 Å². The predicted molar refractivity (Wildman–Crippen MR) is 89.4 cm³/mol. The highest BCUT2D eigenvalue weighted by Crippen LogP contribution is 2.17. The Morgan fingerprint density at radius 2 is 1.57 bits per heavy atom. The summed E-state index contributed by atoms with van der Waals surface area (Å²) in [5.41, 5.74) is 2.57. The fraction of sp³-hybridized carbons (Fsp3) is 0.222. The Hall–Kier alpha value is -2.82. The first-order chi connectivity index (χ1) is 11.0. The van der Waals surface area contributed by atoms with Gasteiger partial charge in [0.2, 0.25) is 0 Å². The highest BCUT2D eigenvalue weighted by Gasteiger charge is 2.17. The number of nitrogens with one attached hydrogen (secondary N) is 2. The zero-order valence-electron chi connectivity index (χ0n) is 13.4. The number of carbonyl (C=O) groups is 2. The van der Waals surface area contributed by atoms with Crippen LogP contribution >= 0.6 is 0 Å². The molecule has 5 nitrogen and oxygen atoms in total. The Morgan fingerprint density at radius 1 is 0.957 bits per heavy atom. The van der Waals surface area contributed by atoms with Crippen molar-refractivity contribution in [2.75, 3.05) is 12.4 Å². The molecule has 120 valence electrons. The summed E-state index contributed by atoms with van der Waals surface area (Å²) in [7, 11) is 1.59. The van der Waals surface area contributed by atoms with Crippen LogP contribution in [0.15, 0.2) is 48.5 Å². The fourth-order valence-electron chi connectivity index (χ4n) is 2.06. The lowest BCUT2D eigenvalue weighted by Crippen LogP contribution is -2.36. The largest absolute Gasteiger partial charge is 0.497 e. The van der Waals surface area contributed by atoms with Crippen LogP contribution in [0.1, 0.15) is 24.1 Å².